The Morgan fingerprint density at radius 3 is 2.54 bits per heavy atom. The highest BCUT2D eigenvalue weighted by Gasteiger charge is 2.56. The van der Waals surface area contributed by atoms with Crippen LogP contribution in [0.25, 0.3) is 0 Å². The van der Waals surface area contributed by atoms with Crippen LogP contribution in [0.2, 0.25) is 0 Å². The SMILES string of the molecule is O=c1ccn2c(c1OCc1ccccc1)C(O)C1(CC1)CN2C1c2ccccc2SCc2c1ccc(F)c2F. The normalized spacial score (nSPS) is 20.5. The van der Waals surface area contributed by atoms with Crippen LogP contribution in [0, 0.1) is 17.0 Å². The lowest BCUT2D eigenvalue weighted by atomic mass is 9.89. The van der Waals surface area contributed by atoms with Crippen molar-refractivity contribution in [3.8, 4) is 5.75 Å². The Balaban J connectivity index is 1.42. The van der Waals surface area contributed by atoms with E-state index in [0.29, 0.717) is 29.1 Å². The number of fused-ring (bicyclic) bond motifs is 3. The van der Waals surface area contributed by atoms with Crippen LogP contribution in [0.15, 0.2) is 88.7 Å². The zero-order valence-electron chi connectivity index (χ0n) is 21.0. The Hall–Kier alpha value is -3.62. The number of aliphatic hydroxyl groups excluding tert-OH is 1. The number of benzene rings is 3. The molecule has 7 rings (SSSR count). The molecule has 0 saturated heterocycles. The largest absolute Gasteiger partial charge is 0.483 e. The van der Waals surface area contributed by atoms with E-state index in [9.17, 15) is 14.3 Å². The second-order valence-corrected chi connectivity index (χ2v) is 11.6. The maximum Gasteiger partial charge on any atom is 0.223 e. The molecule has 0 bridgehead atoms. The molecule has 1 aromatic heterocycles. The number of hydrogen-bond donors (Lipinski definition) is 1. The summed E-state index contributed by atoms with van der Waals surface area (Å²) in [6.07, 6.45) is 2.35. The van der Waals surface area contributed by atoms with E-state index < -0.39 is 29.2 Å². The summed E-state index contributed by atoms with van der Waals surface area (Å²) < 4.78 is 37.5. The summed E-state index contributed by atoms with van der Waals surface area (Å²) in [5, 5.41) is 13.7. The fourth-order valence-corrected chi connectivity index (χ4v) is 7.06. The summed E-state index contributed by atoms with van der Waals surface area (Å²) in [6.45, 7) is 0.674. The second-order valence-electron chi connectivity index (χ2n) is 10.5. The highest BCUT2D eigenvalue weighted by atomic mass is 32.2. The molecule has 3 aromatic carbocycles. The molecule has 1 spiro atoms. The molecule has 0 radical (unpaired) electrons. The van der Waals surface area contributed by atoms with Crippen LogP contribution >= 0.6 is 11.8 Å². The number of thioether (sulfide) groups is 1. The Bertz CT molecular complexity index is 1640. The Kier molecular flexibility index (Phi) is 5.79. The van der Waals surface area contributed by atoms with Crippen molar-refractivity contribution in [1.82, 2.24) is 4.68 Å². The predicted molar refractivity (Wildman–Crippen MR) is 145 cm³/mol. The lowest BCUT2D eigenvalue weighted by Crippen LogP contribution is -2.51. The van der Waals surface area contributed by atoms with Gasteiger partial charge in [-0.1, -0.05) is 54.6 Å². The molecule has 2 atom stereocenters. The maximum atomic E-state index is 15.2. The van der Waals surface area contributed by atoms with E-state index in [4.69, 9.17) is 4.74 Å². The first-order chi connectivity index (χ1) is 19.0. The van der Waals surface area contributed by atoms with Crippen molar-refractivity contribution >= 4 is 11.8 Å². The number of ether oxygens (including phenoxy) is 1. The zero-order valence-corrected chi connectivity index (χ0v) is 21.8. The number of rotatable bonds is 4. The molecule has 1 fully saturated rings. The molecule has 1 aliphatic carbocycles. The predicted octanol–water partition coefficient (Wildman–Crippen LogP) is 5.87. The summed E-state index contributed by atoms with van der Waals surface area (Å²) in [6, 6.07) is 21.3. The van der Waals surface area contributed by atoms with Gasteiger partial charge in [0, 0.05) is 40.4 Å². The van der Waals surface area contributed by atoms with Gasteiger partial charge in [-0.25, -0.2) is 8.78 Å². The molecule has 5 nitrogen and oxygen atoms in total. The number of hydrogen-bond acceptors (Lipinski definition) is 5. The number of nitrogens with zero attached hydrogens (tertiary/aromatic N) is 2. The fraction of sp³-hybridized carbons (Fsp3) is 0.258. The first-order valence-electron chi connectivity index (χ1n) is 13.0. The Labute approximate surface area is 228 Å². The van der Waals surface area contributed by atoms with Gasteiger partial charge < -0.3 is 14.9 Å². The molecule has 2 unspecified atom stereocenters. The minimum atomic E-state index is -0.895. The minimum Gasteiger partial charge on any atom is -0.483 e. The minimum absolute atomic E-state index is 0.117. The molecule has 39 heavy (non-hydrogen) atoms. The van der Waals surface area contributed by atoms with Crippen LogP contribution in [0.1, 0.15) is 52.9 Å². The molecule has 0 amide bonds. The van der Waals surface area contributed by atoms with Gasteiger partial charge in [0.1, 0.15) is 18.4 Å². The van der Waals surface area contributed by atoms with E-state index in [1.54, 1.807) is 16.9 Å². The van der Waals surface area contributed by atoms with Gasteiger partial charge in [-0.15, -0.1) is 11.8 Å². The topological polar surface area (TPSA) is 54.7 Å². The smallest absolute Gasteiger partial charge is 0.223 e. The maximum absolute atomic E-state index is 15.2. The first-order valence-corrected chi connectivity index (χ1v) is 14.0. The van der Waals surface area contributed by atoms with E-state index >= 15 is 4.39 Å². The highest BCUT2D eigenvalue weighted by molar-refractivity contribution is 7.98. The second kappa shape index (κ2) is 9.24. The summed E-state index contributed by atoms with van der Waals surface area (Å²) in [4.78, 5) is 14.1. The van der Waals surface area contributed by atoms with Crippen LogP contribution in [0.5, 0.6) is 5.75 Å². The van der Waals surface area contributed by atoms with Gasteiger partial charge in [-0.3, -0.25) is 9.47 Å². The summed E-state index contributed by atoms with van der Waals surface area (Å²) >= 11 is 1.48. The lowest BCUT2D eigenvalue weighted by Gasteiger charge is -2.46. The third-order valence-electron chi connectivity index (χ3n) is 8.19. The Morgan fingerprint density at radius 2 is 1.74 bits per heavy atom. The standard InChI is InChI=1S/C31H26F2N2O3S/c32-23-11-10-20-22(26(23)33)17-39-25-9-5-4-8-21(25)27(20)35-18-31(13-14-31)30(37)28-29(24(36)12-15-34(28)35)38-16-19-6-2-1-3-7-19/h1-12,15,27,30,37H,13-14,16-18H2. The molecule has 3 aliphatic rings. The van der Waals surface area contributed by atoms with Crippen molar-refractivity contribution in [2.75, 3.05) is 11.6 Å². The van der Waals surface area contributed by atoms with Crippen LogP contribution in [-0.4, -0.2) is 16.3 Å². The third-order valence-corrected chi connectivity index (χ3v) is 9.31. The third kappa shape index (κ3) is 3.96. The van der Waals surface area contributed by atoms with Gasteiger partial charge >= 0.3 is 0 Å². The number of halogens is 2. The van der Waals surface area contributed by atoms with Crippen LogP contribution < -0.4 is 15.2 Å². The quantitative estimate of drug-likeness (QED) is 0.349. The van der Waals surface area contributed by atoms with Crippen molar-refractivity contribution in [3.63, 3.8) is 0 Å². The zero-order chi connectivity index (χ0) is 26.7. The average Bonchev–Trinajstić information content (AvgIpc) is 3.75. The van der Waals surface area contributed by atoms with Crippen molar-refractivity contribution in [2.24, 2.45) is 5.41 Å². The van der Waals surface area contributed by atoms with E-state index in [1.165, 1.54) is 23.9 Å². The van der Waals surface area contributed by atoms with Gasteiger partial charge in [0.05, 0.1) is 6.04 Å². The van der Waals surface area contributed by atoms with Crippen molar-refractivity contribution < 1.29 is 18.6 Å². The van der Waals surface area contributed by atoms with Crippen LogP contribution in [0.4, 0.5) is 8.78 Å². The molecular formula is C31H26F2N2O3S. The van der Waals surface area contributed by atoms with E-state index in [1.807, 2.05) is 54.6 Å². The highest BCUT2D eigenvalue weighted by Crippen LogP contribution is 2.59. The molecule has 1 saturated carbocycles. The summed E-state index contributed by atoms with van der Waals surface area (Å²) in [7, 11) is 0. The fourth-order valence-electron chi connectivity index (χ4n) is 5.94. The van der Waals surface area contributed by atoms with Gasteiger partial charge in [-0.05, 0) is 41.7 Å². The van der Waals surface area contributed by atoms with Gasteiger partial charge in [0.2, 0.25) is 5.43 Å². The van der Waals surface area contributed by atoms with Gasteiger partial charge in [0.15, 0.2) is 17.4 Å². The van der Waals surface area contributed by atoms with Crippen LogP contribution in [0.3, 0.4) is 0 Å². The number of aromatic nitrogens is 1. The lowest BCUT2D eigenvalue weighted by molar-refractivity contribution is 0.0605. The summed E-state index contributed by atoms with van der Waals surface area (Å²) in [5.74, 6) is -1.28. The average molecular weight is 545 g/mol. The molecular weight excluding hydrogens is 518 g/mol. The molecule has 198 valence electrons. The molecule has 3 heterocycles. The van der Waals surface area contributed by atoms with Gasteiger partial charge in [0.25, 0.3) is 0 Å². The van der Waals surface area contributed by atoms with E-state index in [2.05, 4.69) is 5.01 Å². The van der Waals surface area contributed by atoms with Crippen molar-refractivity contribution in [3.05, 3.63) is 129 Å². The molecule has 8 heteroatoms. The number of aliphatic hydroxyl groups is 1. The monoisotopic (exact) mass is 544 g/mol. The first kappa shape index (κ1) is 24.4. The number of pyridine rings is 1. The Morgan fingerprint density at radius 1 is 0.974 bits per heavy atom. The molecule has 1 N–H and O–H groups in total. The molecule has 4 aromatic rings. The van der Waals surface area contributed by atoms with Gasteiger partial charge in [-0.2, -0.15) is 0 Å². The van der Waals surface area contributed by atoms with Crippen LogP contribution in [-0.2, 0) is 12.4 Å². The van der Waals surface area contributed by atoms with Crippen molar-refractivity contribution in [2.45, 2.75) is 42.2 Å². The molecule has 2 aliphatic heterocycles. The van der Waals surface area contributed by atoms with Crippen molar-refractivity contribution in [1.29, 1.82) is 0 Å². The van der Waals surface area contributed by atoms with E-state index in [-0.39, 0.29) is 17.8 Å². The van der Waals surface area contributed by atoms with E-state index in [0.717, 1.165) is 28.9 Å². The summed E-state index contributed by atoms with van der Waals surface area (Å²) in [5.41, 5.74) is 2.53.